The van der Waals surface area contributed by atoms with Crippen LogP contribution in [0.1, 0.15) is 27.7 Å². The second kappa shape index (κ2) is 4.73. The van der Waals surface area contributed by atoms with Gasteiger partial charge in [0.1, 0.15) is 0 Å². The second-order valence-corrected chi connectivity index (χ2v) is 4.30. The zero-order chi connectivity index (χ0) is 8.91. The predicted octanol–water partition coefficient (Wildman–Crippen LogP) is 1.66. The van der Waals surface area contributed by atoms with Crippen molar-refractivity contribution in [2.24, 2.45) is 5.41 Å². The molecule has 0 saturated heterocycles. The van der Waals surface area contributed by atoms with Crippen LogP contribution in [0.3, 0.4) is 0 Å². The molecule has 0 rings (SSSR count). The number of methoxy groups -OCH3 is 1. The van der Waals surface area contributed by atoms with E-state index in [1.807, 2.05) is 0 Å². The van der Waals surface area contributed by atoms with Crippen LogP contribution in [0.25, 0.3) is 0 Å². The predicted molar refractivity (Wildman–Crippen MR) is 48.8 cm³/mol. The Labute approximate surface area is 70.3 Å². The first-order valence-corrected chi connectivity index (χ1v) is 4.18. The lowest BCUT2D eigenvalue weighted by atomic mass is 9.97. The van der Waals surface area contributed by atoms with E-state index in [1.54, 1.807) is 7.11 Å². The molecule has 0 aromatic rings. The smallest absolute Gasteiger partial charge is 0.0613 e. The molecule has 2 nitrogen and oxygen atoms in total. The highest BCUT2D eigenvalue weighted by molar-refractivity contribution is 4.68. The molecule has 68 valence electrons. The largest absolute Gasteiger partial charge is 0.383 e. The summed E-state index contributed by atoms with van der Waals surface area (Å²) in [6.07, 6.45) is 0. The fourth-order valence-corrected chi connectivity index (χ4v) is 0.789. The van der Waals surface area contributed by atoms with Crippen LogP contribution in [0.5, 0.6) is 0 Å². The zero-order valence-corrected chi connectivity index (χ0v) is 8.40. The molecule has 0 heterocycles. The van der Waals surface area contributed by atoms with E-state index in [4.69, 9.17) is 4.74 Å². The van der Waals surface area contributed by atoms with Crippen LogP contribution in [0.4, 0.5) is 0 Å². The molecule has 0 fully saturated rings. The molecule has 0 spiro atoms. The van der Waals surface area contributed by atoms with Crippen molar-refractivity contribution in [2.45, 2.75) is 33.7 Å². The summed E-state index contributed by atoms with van der Waals surface area (Å²) in [6, 6.07) is 0.458. The zero-order valence-electron chi connectivity index (χ0n) is 8.40. The summed E-state index contributed by atoms with van der Waals surface area (Å²) in [5.41, 5.74) is 0.363. The highest BCUT2D eigenvalue weighted by Crippen LogP contribution is 2.10. The van der Waals surface area contributed by atoms with Crippen molar-refractivity contribution in [1.29, 1.82) is 0 Å². The van der Waals surface area contributed by atoms with E-state index < -0.39 is 0 Å². The lowest BCUT2D eigenvalue weighted by Gasteiger charge is -2.22. The van der Waals surface area contributed by atoms with Crippen LogP contribution in [0.2, 0.25) is 0 Å². The summed E-state index contributed by atoms with van der Waals surface area (Å²) in [7, 11) is 1.73. The number of ether oxygens (including phenoxy) is 1. The van der Waals surface area contributed by atoms with Gasteiger partial charge in [-0.2, -0.15) is 0 Å². The summed E-state index contributed by atoms with van der Waals surface area (Å²) in [6.45, 7) is 10.6. The van der Waals surface area contributed by atoms with Gasteiger partial charge in [-0.1, -0.05) is 20.8 Å². The monoisotopic (exact) mass is 159 g/mol. The van der Waals surface area contributed by atoms with Crippen molar-refractivity contribution in [3.8, 4) is 0 Å². The van der Waals surface area contributed by atoms with E-state index in [9.17, 15) is 0 Å². The molecule has 1 unspecified atom stereocenters. The second-order valence-electron chi connectivity index (χ2n) is 4.30. The molecule has 0 bridgehead atoms. The molecule has 11 heavy (non-hydrogen) atoms. The normalized spacial score (nSPS) is 15.0. The van der Waals surface area contributed by atoms with Gasteiger partial charge in [0.25, 0.3) is 0 Å². The molecule has 0 aliphatic heterocycles. The van der Waals surface area contributed by atoms with Gasteiger partial charge in [0.15, 0.2) is 0 Å². The van der Waals surface area contributed by atoms with Crippen molar-refractivity contribution in [3.05, 3.63) is 0 Å². The molecule has 0 radical (unpaired) electrons. The third-order valence-corrected chi connectivity index (χ3v) is 1.40. The maximum absolute atomic E-state index is 5.01. The van der Waals surface area contributed by atoms with Crippen LogP contribution in [0.15, 0.2) is 0 Å². The highest BCUT2D eigenvalue weighted by Gasteiger charge is 2.10. The SMILES string of the molecule is COCC(C)NCC(C)(C)C. The quantitative estimate of drug-likeness (QED) is 0.673. The van der Waals surface area contributed by atoms with Gasteiger partial charge in [0, 0.05) is 19.7 Å². The number of hydrogen-bond donors (Lipinski definition) is 1. The van der Waals surface area contributed by atoms with Gasteiger partial charge in [-0.3, -0.25) is 0 Å². The summed E-state index contributed by atoms with van der Waals surface area (Å²) >= 11 is 0. The average molecular weight is 159 g/mol. The fraction of sp³-hybridized carbons (Fsp3) is 1.00. The number of rotatable bonds is 4. The Balaban J connectivity index is 3.38. The van der Waals surface area contributed by atoms with E-state index in [-0.39, 0.29) is 0 Å². The third-order valence-electron chi connectivity index (χ3n) is 1.40. The molecular formula is C9H21NO. The standard InChI is InChI=1S/C9H21NO/c1-8(6-11-5)10-7-9(2,3)4/h8,10H,6-7H2,1-5H3. The van der Waals surface area contributed by atoms with Crippen molar-refractivity contribution in [2.75, 3.05) is 20.3 Å². The van der Waals surface area contributed by atoms with Crippen LogP contribution in [0, 0.1) is 5.41 Å². The van der Waals surface area contributed by atoms with Gasteiger partial charge in [-0.15, -0.1) is 0 Å². The summed E-state index contributed by atoms with van der Waals surface area (Å²) in [5.74, 6) is 0. The van der Waals surface area contributed by atoms with Gasteiger partial charge in [-0.05, 0) is 12.3 Å². The molecule has 0 saturated carbocycles. The topological polar surface area (TPSA) is 21.3 Å². The first kappa shape index (κ1) is 10.9. The molecular weight excluding hydrogens is 138 g/mol. The molecule has 0 aliphatic rings. The molecule has 1 N–H and O–H groups in total. The third kappa shape index (κ3) is 7.82. The van der Waals surface area contributed by atoms with Crippen LogP contribution in [-0.4, -0.2) is 26.3 Å². The Hall–Kier alpha value is -0.0800. The summed E-state index contributed by atoms with van der Waals surface area (Å²) in [5, 5.41) is 3.40. The lowest BCUT2D eigenvalue weighted by molar-refractivity contribution is 0.166. The van der Waals surface area contributed by atoms with Gasteiger partial charge >= 0.3 is 0 Å². The average Bonchev–Trinajstić information content (AvgIpc) is 1.83. The molecule has 0 aromatic heterocycles. The minimum absolute atomic E-state index is 0.363. The van der Waals surface area contributed by atoms with E-state index >= 15 is 0 Å². The molecule has 0 aromatic carbocycles. The molecule has 1 atom stereocenters. The maximum atomic E-state index is 5.01. The lowest BCUT2D eigenvalue weighted by Crippen LogP contribution is -2.36. The summed E-state index contributed by atoms with van der Waals surface area (Å²) < 4.78 is 5.01. The van der Waals surface area contributed by atoms with Crippen LogP contribution >= 0.6 is 0 Å². The maximum Gasteiger partial charge on any atom is 0.0613 e. The molecule has 2 heteroatoms. The van der Waals surface area contributed by atoms with Crippen molar-refractivity contribution in [3.63, 3.8) is 0 Å². The van der Waals surface area contributed by atoms with Crippen LogP contribution in [-0.2, 0) is 4.74 Å². The van der Waals surface area contributed by atoms with E-state index in [0.717, 1.165) is 13.2 Å². The van der Waals surface area contributed by atoms with Gasteiger partial charge in [0.2, 0.25) is 0 Å². The molecule has 0 amide bonds. The number of nitrogens with one attached hydrogen (secondary N) is 1. The van der Waals surface area contributed by atoms with E-state index in [2.05, 4.69) is 33.0 Å². The minimum Gasteiger partial charge on any atom is -0.383 e. The van der Waals surface area contributed by atoms with Crippen LogP contribution < -0.4 is 5.32 Å². The Bertz CT molecular complexity index is 96.2. The Morgan fingerprint density at radius 1 is 1.36 bits per heavy atom. The highest BCUT2D eigenvalue weighted by atomic mass is 16.5. The van der Waals surface area contributed by atoms with Crippen molar-refractivity contribution >= 4 is 0 Å². The van der Waals surface area contributed by atoms with E-state index in [1.165, 1.54) is 0 Å². The Morgan fingerprint density at radius 2 is 1.91 bits per heavy atom. The first-order chi connectivity index (χ1) is 4.95. The van der Waals surface area contributed by atoms with Gasteiger partial charge < -0.3 is 10.1 Å². The molecule has 0 aliphatic carbocycles. The first-order valence-electron chi connectivity index (χ1n) is 4.18. The Kier molecular flexibility index (Phi) is 4.69. The van der Waals surface area contributed by atoms with E-state index in [0.29, 0.717) is 11.5 Å². The minimum atomic E-state index is 0.363. The van der Waals surface area contributed by atoms with Crippen molar-refractivity contribution < 1.29 is 4.74 Å². The van der Waals surface area contributed by atoms with Gasteiger partial charge in [0.05, 0.1) is 6.61 Å². The van der Waals surface area contributed by atoms with Crippen molar-refractivity contribution in [1.82, 2.24) is 5.32 Å². The summed E-state index contributed by atoms with van der Waals surface area (Å²) in [4.78, 5) is 0. The Morgan fingerprint density at radius 3 is 2.27 bits per heavy atom. The number of hydrogen-bond acceptors (Lipinski definition) is 2. The van der Waals surface area contributed by atoms with Gasteiger partial charge in [-0.25, -0.2) is 0 Å². The fourth-order valence-electron chi connectivity index (χ4n) is 0.789.